The number of halogens is 1. The quantitative estimate of drug-likeness (QED) is 0.139. The Morgan fingerprint density at radius 1 is 1.19 bits per heavy atom. The maximum absolute atomic E-state index is 12.3. The van der Waals surface area contributed by atoms with Gasteiger partial charge in [-0.05, 0) is 31.7 Å². The molecule has 1 fully saturated rings. The molecule has 1 atom stereocenters. The third kappa shape index (κ3) is 10.8. The first-order chi connectivity index (χ1) is 14.6. The highest BCUT2D eigenvalue weighted by atomic mass is 127. The number of benzene rings is 1. The topological polar surface area (TPSA) is 83.0 Å². The number of unbranched alkanes of at least 4 members (excludes halogenated alkanes) is 2. The van der Waals surface area contributed by atoms with Crippen LogP contribution in [-0.4, -0.2) is 62.6 Å². The Hall–Kier alpha value is -1.84. The molecule has 1 heterocycles. The van der Waals surface area contributed by atoms with E-state index in [1.807, 2.05) is 30.0 Å². The number of carbonyl (C=O) groups is 2. The number of esters is 1. The maximum atomic E-state index is 12.3. The molecule has 1 amide bonds. The predicted molar refractivity (Wildman–Crippen MR) is 135 cm³/mol. The maximum Gasteiger partial charge on any atom is 0.305 e. The minimum Gasteiger partial charge on any atom is -0.469 e. The molecular formula is C23H37IN4O3. The van der Waals surface area contributed by atoms with Gasteiger partial charge in [0.25, 0.3) is 0 Å². The molecule has 0 radical (unpaired) electrons. The molecule has 2 N–H and O–H groups in total. The first-order valence-corrected chi connectivity index (χ1v) is 11.0. The second-order valence-electron chi connectivity index (χ2n) is 7.68. The summed E-state index contributed by atoms with van der Waals surface area (Å²) in [6.07, 6.45) is 4.71. The van der Waals surface area contributed by atoms with E-state index in [0.29, 0.717) is 19.4 Å². The Bertz CT molecular complexity index is 685. The number of carbonyl (C=O) groups excluding carboxylic acids is 2. The van der Waals surface area contributed by atoms with Crippen LogP contribution in [0.3, 0.4) is 0 Å². The average molecular weight is 544 g/mol. The van der Waals surface area contributed by atoms with Crippen molar-refractivity contribution in [3.05, 3.63) is 35.9 Å². The zero-order chi connectivity index (χ0) is 21.6. The van der Waals surface area contributed by atoms with Crippen LogP contribution >= 0.6 is 24.0 Å². The van der Waals surface area contributed by atoms with E-state index < -0.39 is 0 Å². The van der Waals surface area contributed by atoms with Crippen LogP contribution < -0.4 is 10.6 Å². The van der Waals surface area contributed by atoms with Crippen LogP contribution in [0.1, 0.15) is 44.6 Å². The van der Waals surface area contributed by atoms with Crippen LogP contribution in [0.25, 0.3) is 0 Å². The van der Waals surface area contributed by atoms with Crippen molar-refractivity contribution >= 4 is 41.8 Å². The number of nitrogens with zero attached hydrogens (tertiary/aromatic N) is 2. The van der Waals surface area contributed by atoms with Crippen LogP contribution in [0.2, 0.25) is 0 Å². The second kappa shape index (κ2) is 15.9. The van der Waals surface area contributed by atoms with Gasteiger partial charge in [0, 0.05) is 51.5 Å². The van der Waals surface area contributed by atoms with Crippen molar-refractivity contribution < 1.29 is 14.3 Å². The highest BCUT2D eigenvalue weighted by Crippen LogP contribution is 2.18. The number of amides is 1. The molecule has 7 nitrogen and oxygen atoms in total. The first-order valence-electron chi connectivity index (χ1n) is 11.0. The van der Waals surface area contributed by atoms with E-state index in [2.05, 4.69) is 32.5 Å². The average Bonchev–Trinajstić information content (AvgIpc) is 3.12. The van der Waals surface area contributed by atoms with E-state index in [1.165, 1.54) is 12.7 Å². The van der Waals surface area contributed by atoms with Gasteiger partial charge in [-0.2, -0.15) is 0 Å². The van der Waals surface area contributed by atoms with Crippen molar-refractivity contribution in [3.8, 4) is 0 Å². The Labute approximate surface area is 203 Å². The zero-order valence-corrected chi connectivity index (χ0v) is 21.1. The number of likely N-dealkylation sites (tertiary alicyclic amines) is 1. The number of ether oxygens (including phenoxy) is 1. The van der Waals surface area contributed by atoms with Crippen molar-refractivity contribution in [2.75, 3.05) is 39.8 Å². The lowest BCUT2D eigenvalue weighted by atomic mass is 10.1. The third-order valence-corrected chi connectivity index (χ3v) is 5.24. The molecule has 31 heavy (non-hydrogen) atoms. The van der Waals surface area contributed by atoms with E-state index in [9.17, 15) is 9.59 Å². The zero-order valence-electron chi connectivity index (χ0n) is 18.8. The van der Waals surface area contributed by atoms with Crippen molar-refractivity contribution in [2.24, 2.45) is 10.9 Å². The summed E-state index contributed by atoms with van der Waals surface area (Å²) < 4.78 is 4.65. The van der Waals surface area contributed by atoms with E-state index in [-0.39, 0.29) is 41.8 Å². The van der Waals surface area contributed by atoms with Crippen LogP contribution in [-0.2, 0) is 20.7 Å². The molecule has 1 saturated heterocycles. The SMILES string of the molecule is CCNC(=NCC1CC(=O)N(CCc2ccccc2)C1)NCCCCCC(=O)OC.I. The number of hydrogen-bond acceptors (Lipinski definition) is 4. The van der Waals surface area contributed by atoms with Gasteiger partial charge in [-0.25, -0.2) is 0 Å². The Kier molecular flexibility index (Phi) is 13.9. The van der Waals surface area contributed by atoms with E-state index in [1.54, 1.807) is 0 Å². The number of guanidine groups is 1. The van der Waals surface area contributed by atoms with Crippen LogP contribution in [0.15, 0.2) is 35.3 Å². The lowest BCUT2D eigenvalue weighted by molar-refractivity contribution is -0.140. The molecule has 0 aliphatic carbocycles. The standard InChI is InChI=1S/C23H36N4O3.HI/c1-3-24-23(25-14-9-5-8-12-22(29)30-2)26-17-20-16-21(28)27(18-20)15-13-19-10-6-4-7-11-19;/h4,6-7,10-11,20H,3,5,8-9,12-18H2,1-2H3,(H2,24,25,26);1H. The number of aliphatic imine (C=N–C) groups is 1. The minimum absolute atomic E-state index is 0. The summed E-state index contributed by atoms with van der Waals surface area (Å²) in [5.74, 6) is 1.14. The molecule has 174 valence electrons. The number of hydrogen-bond donors (Lipinski definition) is 2. The summed E-state index contributed by atoms with van der Waals surface area (Å²) in [6, 6.07) is 10.3. The van der Waals surface area contributed by atoms with Crippen molar-refractivity contribution in [1.29, 1.82) is 0 Å². The van der Waals surface area contributed by atoms with Crippen molar-refractivity contribution in [2.45, 2.75) is 45.4 Å². The minimum atomic E-state index is -0.151. The van der Waals surface area contributed by atoms with Gasteiger partial charge in [0.2, 0.25) is 5.91 Å². The first kappa shape index (κ1) is 27.2. The summed E-state index contributed by atoms with van der Waals surface area (Å²) in [6.45, 7) is 5.83. The Balaban J connectivity index is 0.00000480. The third-order valence-electron chi connectivity index (χ3n) is 5.24. The molecule has 1 unspecified atom stereocenters. The number of rotatable bonds is 12. The predicted octanol–water partition coefficient (Wildman–Crippen LogP) is 2.98. The van der Waals surface area contributed by atoms with Gasteiger partial charge in [0.05, 0.1) is 7.11 Å². The fourth-order valence-electron chi connectivity index (χ4n) is 3.54. The lowest BCUT2D eigenvalue weighted by Crippen LogP contribution is -2.38. The van der Waals surface area contributed by atoms with Crippen LogP contribution in [0, 0.1) is 5.92 Å². The van der Waals surface area contributed by atoms with Gasteiger partial charge in [-0.3, -0.25) is 14.6 Å². The fraction of sp³-hybridized carbons (Fsp3) is 0.609. The Morgan fingerprint density at radius 3 is 2.68 bits per heavy atom. The largest absolute Gasteiger partial charge is 0.469 e. The van der Waals surface area contributed by atoms with E-state index in [4.69, 9.17) is 0 Å². The van der Waals surface area contributed by atoms with Gasteiger partial charge in [-0.1, -0.05) is 36.8 Å². The summed E-state index contributed by atoms with van der Waals surface area (Å²) in [5, 5.41) is 6.60. The summed E-state index contributed by atoms with van der Waals surface area (Å²) in [5.41, 5.74) is 1.26. The molecule has 0 saturated carbocycles. The van der Waals surface area contributed by atoms with Gasteiger partial charge in [0.15, 0.2) is 5.96 Å². The lowest BCUT2D eigenvalue weighted by Gasteiger charge is -2.16. The summed E-state index contributed by atoms with van der Waals surface area (Å²) >= 11 is 0. The van der Waals surface area contributed by atoms with Crippen LogP contribution in [0.4, 0.5) is 0 Å². The molecule has 1 aromatic carbocycles. The van der Waals surface area contributed by atoms with E-state index in [0.717, 1.165) is 57.8 Å². The van der Waals surface area contributed by atoms with Gasteiger partial charge in [0.1, 0.15) is 0 Å². The van der Waals surface area contributed by atoms with E-state index >= 15 is 0 Å². The van der Waals surface area contributed by atoms with Crippen LogP contribution in [0.5, 0.6) is 0 Å². The Morgan fingerprint density at radius 2 is 1.97 bits per heavy atom. The molecule has 1 aromatic rings. The summed E-state index contributed by atoms with van der Waals surface area (Å²) in [4.78, 5) is 30.1. The normalized spacial score (nSPS) is 16.1. The molecule has 8 heteroatoms. The number of nitrogens with one attached hydrogen (secondary N) is 2. The highest BCUT2D eigenvalue weighted by Gasteiger charge is 2.28. The second-order valence-corrected chi connectivity index (χ2v) is 7.68. The molecular weight excluding hydrogens is 507 g/mol. The molecule has 2 rings (SSSR count). The van der Waals surface area contributed by atoms with Crippen molar-refractivity contribution in [1.82, 2.24) is 15.5 Å². The van der Waals surface area contributed by atoms with Gasteiger partial charge >= 0.3 is 5.97 Å². The molecule has 0 aromatic heterocycles. The molecule has 0 spiro atoms. The van der Waals surface area contributed by atoms with Gasteiger partial charge < -0.3 is 20.3 Å². The smallest absolute Gasteiger partial charge is 0.305 e. The summed E-state index contributed by atoms with van der Waals surface area (Å²) in [7, 11) is 1.42. The monoisotopic (exact) mass is 544 g/mol. The van der Waals surface area contributed by atoms with Crippen molar-refractivity contribution in [3.63, 3.8) is 0 Å². The molecule has 1 aliphatic rings. The number of methoxy groups -OCH3 is 1. The van der Waals surface area contributed by atoms with Gasteiger partial charge in [-0.15, -0.1) is 24.0 Å². The highest BCUT2D eigenvalue weighted by molar-refractivity contribution is 14.0. The molecule has 0 bridgehead atoms. The molecule has 1 aliphatic heterocycles. The fourth-order valence-corrected chi connectivity index (χ4v) is 3.54.